The molecule has 1 heterocycles. The molecule has 1 aromatic rings. The number of rotatable bonds is 5. The first kappa shape index (κ1) is 15.4. The number of aromatic nitrogens is 1. The van der Waals surface area contributed by atoms with Crippen LogP contribution in [0.2, 0.25) is 5.02 Å². The van der Waals surface area contributed by atoms with Gasteiger partial charge in [0.25, 0.3) is 5.91 Å². The Hall–Kier alpha value is -1.62. The number of hydrogen-bond acceptors (Lipinski definition) is 3. The highest BCUT2D eigenvalue weighted by molar-refractivity contribution is 6.33. The van der Waals surface area contributed by atoms with E-state index in [0.717, 1.165) is 6.42 Å². The van der Waals surface area contributed by atoms with Crippen LogP contribution in [-0.4, -0.2) is 53.8 Å². The van der Waals surface area contributed by atoms with Gasteiger partial charge in [-0.05, 0) is 12.5 Å². The molecule has 0 aromatic carbocycles. The predicted molar refractivity (Wildman–Crippen MR) is 74.1 cm³/mol. The van der Waals surface area contributed by atoms with Crippen molar-refractivity contribution in [2.24, 2.45) is 0 Å². The molecule has 104 valence electrons. The smallest absolute Gasteiger partial charge is 0.257 e. The number of carbonyl (C=O) groups is 2. The fourth-order valence-electron chi connectivity index (χ4n) is 1.53. The van der Waals surface area contributed by atoms with Crippen molar-refractivity contribution in [3.8, 4) is 0 Å². The number of carbonyl (C=O) groups excluding carboxylic acids is 2. The summed E-state index contributed by atoms with van der Waals surface area (Å²) in [6, 6.07) is 1.56. The van der Waals surface area contributed by atoms with Crippen LogP contribution in [0.25, 0.3) is 0 Å². The van der Waals surface area contributed by atoms with E-state index < -0.39 is 0 Å². The summed E-state index contributed by atoms with van der Waals surface area (Å²) in [6.45, 7) is 2.50. The number of hydrogen-bond donors (Lipinski definition) is 0. The first-order chi connectivity index (χ1) is 8.97. The Morgan fingerprint density at radius 2 is 2.05 bits per heavy atom. The summed E-state index contributed by atoms with van der Waals surface area (Å²) in [7, 11) is 3.32. The third-order valence-electron chi connectivity index (χ3n) is 2.60. The van der Waals surface area contributed by atoms with Crippen LogP contribution in [0, 0.1) is 0 Å². The maximum Gasteiger partial charge on any atom is 0.257 e. The molecule has 0 saturated heterocycles. The van der Waals surface area contributed by atoms with Crippen molar-refractivity contribution in [2.45, 2.75) is 13.3 Å². The van der Waals surface area contributed by atoms with Gasteiger partial charge in [-0.15, -0.1) is 0 Å². The SMILES string of the molecule is CCCN(CC(=O)N(C)C)C(=O)c1cnccc1Cl. The maximum absolute atomic E-state index is 12.3. The van der Waals surface area contributed by atoms with Gasteiger partial charge in [0.05, 0.1) is 10.6 Å². The average molecular weight is 284 g/mol. The maximum atomic E-state index is 12.3. The molecule has 0 spiro atoms. The molecule has 1 aromatic heterocycles. The van der Waals surface area contributed by atoms with Gasteiger partial charge < -0.3 is 9.80 Å². The zero-order valence-corrected chi connectivity index (χ0v) is 12.1. The largest absolute Gasteiger partial charge is 0.347 e. The summed E-state index contributed by atoms with van der Waals surface area (Å²) in [5.74, 6) is -0.392. The van der Waals surface area contributed by atoms with Crippen LogP contribution in [0.3, 0.4) is 0 Å². The standard InChI is InChI=1S/C13H18ClN3O2/c1-4-7-17(9-12(18)16(2)3)13(19)10-8-15-6-5-11(10)14/h5-6,8H,4,7,9H2,1-3H3. The summed E-state index contributed by atoms with van der Waals surface area (Å²) in [4.78, 5) is 30.9. The first-order valence-electron chi connectivity index (χ1n) is 6.06. The third kappa shape index (κ3) is 4.21. The quantitative estimate of drug-likeness (QED) is 0.826. The second-order valence-corrected chi connectivity index (χ2v) is 4.78. The van der Waals surface area contributed by atoms with E-state index in [1.807, 2.05) is 6.92 Å². The van der Waals surface area contributed by atoms with Gasteiger partial charge in [0.1, 0.15) is 6.54 Å². The molecule has 0 aliphatic heterocycles. The van der Waals surface area contributed by atoms with E-state index in [4.69, 9.17) is 11.6 Å². The average Bonchev–Trinajstić information content (AvgIpc) is 2.37. The molecule has 0 atom stereocenters. The molecule has 0 aliphatic carbocycles. The topological polar surface area (TPSA) is 53.5 Å². The van der Waals surface area contributed by atoms with Gasteiger partial charge in [-0.1, -0.05) is 18.5 Å². The molecule has 6 heteroatoms. The van der Waals surface area contributed by atoms with Crippen molar-refractivity contribution in [1.82, 2.24) is 14.8 Å². The van der Waals surface area contributed by atoms with Crippen LogP contribution in [0.5, 0.6) is 0 Å². The van der Waals surface area contributed by atoms with Crippen molar-refractivity contribution in [3.05, 3.63) is 29.0 Å². The number of likely N-dealkylation sites (N-methyl/N-ethyl adjacent to an activating group) is 1. The van der Waals surface area contributed by atoms with Crippen molar-refractivity contribution in [1.29, 1.82) is 0 Å². The van der Waals surface area contributed by atoms with E-state index in [2.05, 4.69) is 4.98 Å². The van der Waals surface area contributed by atoms with Crippen LogP contribution < -0.4 is 0 Å². The van der Waals surface area contributed by atoms with E-state index in [9.17, 15) is 9.59 Å². The first-order valence-corrected chi connectivity index (χ1v) is 6.44. The van der Waals surface area contributed by atoms with Crippen LogP contribution in [0.1, 0.15) is 23.7 Å². The molecule has 1 rings (SSSR count). The van der Waals surface area contributed by atoms with Gasteiger partial charge in [0, 0.05) is 33.0 Å². The van der Waals surface area contributed by atoms with E-state index in [0.29, 0.717) is 17.1 Å². The molecular weight excluding hydrogens is 266 g/mol. The Morgan fingerprint density at radius 1 is 1.37 bits per heavy atom. The summed E-state index contributed by atoms with van der Waals surface area (Å²) in [5, 5.41) is 0.346. The summed E-state index contributed by atoms with van der Waals surface area (Å²) in [5.41, 5.74) is 0.323. The third-order valence-corrected chi connectivity index (χ3v) is 2.93. The molecule has 0 aliphatic rings. The lowest BCUT2D eigenvalue weighted by Gasteiger charge is -2.23. The molecule has 5 nitrogen and oxygen atoms in total. The number of pyridine rings is 1. The molecule has 0 unspecified atom stereocenters. The van der Waals surface area contributed by atoms with Crippen LogP contribution >= 0.6 is 11.6 Å². The highest BCUT2D eigenvalue weighted by atomic mass is 35.5. The van der Waals surface area contributed by atoms with E-state index >= 15 is 0 Å². The second kappa shape index (κ2) is 7.09. The molecule has 0 N–H and O–H groups in total. The van der Waals surface area contributed by atoms with Crippen molar-refractivity contribution < 1.29 is 9.59 Å². The summed E-state index contributed by atoms with van der Waals surface area (Å²) < 4.78 is 0. The Labute approximate surface area is 118 Å². The summed E-state index contributed by atoms with van der Waals surface area (Å²) in [6.07, 6.45) is 3.71. The lowest BCUT2D eigenvalue weighted by Crippen LogP contribution is -2.40. The minimum absolute atomic E-state index is 0.0465. The fourth-order valence-corrected chi connectivity index (χ4v) is 1.72. The van der Waals surface area contributed by atoms with Crippen LogP contribution in [-0.2, 0) is 4.79 Å². The normalized spacial score (nSPS) is 10.1. The number of halogens is 1. The zero-order chi connectivity index (χ0) is 14.4. The van der Waals surface area contributed by atoms with Gasteiger partial charge in [0.2, 0.25) is 5.91 Å². The van der Waals surface area contributed by atoms with Crippen molar-refractivity contribution >= 4 is 23.4 Å². The Bertz CT molecular complexity index is 463. The molecule has 19 heavy (non-hydrogen) atoms. The molecule has 0 bridgehead atoms. The number of amides is 2. The molecule has 2 amide bonds. The minimum Gasteiger partial charge on any atom is -0.347 e. The zero-order valence-electron chi connectivity index (χ0n) is 11.4. The minimum atomic E-state index is -0.268. The second-order valence-electron chi connectivity index (χ2n) is 4.37. The lowest BCUT2D eigenvalue weighted by molar-refractivity contribution is -0.129. The van der Waals surface area contributed by atoms with E-state index in [1.165, 1.54) is 22.2 Å². The lowest BCUT2D eigenvalue weighted by atomic mass is 10.2. The van der Waals surface area contributed by atoms with E-state index in [1.54, 1.807) is 20.2 Å². The van der Waals surface area contributed by atoms with Gasteiger partial charge in [-0.3, -0.25) is 14.6 Å². The van der Waals surface area contributed by atoms with Crippen LogP contribution in [0.15, 0.2) is 18.5 Å². The fraction of sp³-hybridized carbons (Fsp3) is 0.462. The number of nitrogens with zero attached hydrogens (tertiary/aromatic N) is 3. The Morgan fingerprint density at radius 3 is 2.58 bits per heavy atom. The monoisotopic (exact) mass is 283 g/mol. The highest BCUT2D eigenvalue weighted by Crippen LogP contribution is 2.16. The summed E-state index contributed by atoms with van der Waals surface area (Å²) >= 11 is 5.98. The van der Waals surface area contributed by atoms with Crippen molar-refractivity contribution in [2.75, 3.05) is 27.2 Å². The Kier molecular flexibility index (Phi) is 5.76. The van der Waals surface area contributed by atoms with E-state index in [-0.39, 0.29) is 18.4 Å². The molecule has 0 saturated carbocycles. The Balaban J connectivity index is 2.90. The van der Waals surface area contributed by atoms with Crippen LogP contribution in [0.4, 0.5) is 0 Å². The van der Waals surface area contributed by atoms with Gasteiger partial charge in [0.15, 0.2) is 0 Å². The van der Waals surface area contributed by atoms with Gasteiger partial charge in [-0.2, -0.15) is 0 Å². The molecule has 0 radical (unpaired) electrons. The van der Waals surface area contributed by atoms with Gasteiger partial charge in [-0.25, -0.2) is 0 Å². The van der Waals surface area contributed by atoms with Crippen molar-refractivity contribution in [3.63, 3.8) is 0 Å². The van der Waals surface area contributed by atoms with Gasteiger partial charge >= 0.3 is 0 Å². The predicted octanol–water partition coefficient (Wildman–Crippen LogP) is 1.68. The molecular formula is C13H18ClN3O2. The molecule has 0 fully saturated rings. The highest BCUT2D eigenvalue weighted by Gasteiger charge is 2.21.